The molecule has 2 unspecified atom stereocenters. The first-order valence-corrected chi connectivity index (χ1v) is 7.75. The van der Waals surface area contributed by atoms with Crippen LogP contribution in [0.4, 0.5) is 5.69 Å². The summed E-state index contributed by atoms with van der Waals surface area (Å²) >= 11 is 0. The van der Waals surface area contributed by atoms with Crippen molar-refractivity contribution in [3.8, 4) is 11.5 Å². The molecule has 6 heteroatoms. The first-order valence-electron chi connectivity index (χ1n) is 7.75. The number of fused-ring (bicyclic) bond motifs is 3. The molecule has 1 saturated heterocycles. The molecule has 0 spiro atoms. The summed E-state index contributed by atoms with van der Waals surface area (Å²) < 4.78 is 16.2. The van der Waals surface area contributed by atoms with Crippen LogP contribution in [0.15, 0.2) is 18.2 Å². The molecule has 1 aromatic rings. The number of hydrogen-bond donors (Lipinski definition) is 1. The van der Waals surface area contributed by atoms with Gasteiger partial charge in [-0.2, -0.15) is 0 Å². The molecule has 6 nitrogen and oxygen atoms in total. The third-order valence-electron chi connectivity index (χ3n) is 6.08. The lowest BCUT2D eigenvalue weighted by atomic mass is 9.66. The highest BCUT2D eigenvalue weighted by atomic mass is 16.7. The Morgan fingerprint density at radius 1 is 1.13 bits per heavy atom. The predicted molar refractivity (Wildman–Crippen MR) is 81.1 cm³/mol. The van der Waals surface area contributed by atoms with Crippen LogP contribution in [-0.2, 0) is 14.3 Å². The number of amides is 1. The van der Waals surface area contributed by atoms with Crippen molar-refractivity contribution < 1.29 is 23.8 Å². The molecular weight excluding hydrogens is 298 g/mol. The van der Waals surface area contributed by atoms with Crippen molar-refractivity contribution in [1.29, 1.82) is 0 Å². The number of rotatable bonds is 2. The van der Waals surface area contributed by atoms with Gasteiger partial charge < -0.3 is 19.5 Å². The second kappa shape index (κ2) is 4.19. The Bertz CT molecular complexity index is 728. The van der Waals surface area contributed by atoms with Crippen LogP contribution >= 0.6 is 0 Å². The van der Waals surface area contributed by atoms with Crippen LogP contribution in [0, 0.1) is 10.8 Å². The summed E-state index contributed by atoms with van der Waals surface area (Å²) in [6.45, 7) is 5.94. The molecule has 4 rings (SSSR count). The minimum absolute atomic E-state index is 0.180. The zero-order valence-corrected chi connectivity index (χ0v) is 13.4. The lowest BCUT2D eigenvalue weighted by Crippen LogP contribution is -2.50. The lowest BCUT2D eigenvalue weighted by molar-refractivity contribution is -0.165. The van der Waals surface area contributed by atoms with Crippen LogP contribution in [0.2, 0.25) is 0 Å². The molecular formula is C17H19NO5. The van der Waals surface area contributed by atoms with Gasteiger partial charge in [-0.3, -0.25) is 9.59 Å². The molecule has 3 aliphatic rings. The first-order chi connectivity index (χ1) is 10.8. The largest absolute Gasteiger partial charge is 0.454 e. The third kappa shape index (κ3) is 1.58. The summed E-state index contributed by atoms with van der Waals surface area (Å²) in [5.74, 6) is 0.687. The van der Waals surface area contributed by atoms with Crippen molar-refractivity contribution in [2.45, 2.75) is 39.2 Å². The molecule has 1 amide bonds. The van der Waals surface area contributed by atoms with E-state index in [9.17, 15) is 9.59 Å². The van der Waals surface area contributed by atoms with Crippen molar-refractivity contribution in [2.24, 2.45) is 10.8 Å². The Morgan fingerprint density at radius 3 is 2.52 bits per heavy atom. The normalized spacial score (nSPS) is 32.7. The third-order valence-corrected chi connectivity index (χ3v) is 6.08. The van der Waals surface area contributed by atoms with Crippen molar-refractivity contribution in [2.75, 3.05) is 12.1 Å². The topological polar surface area (TPSA) is 73.9 Å². The highest BCUT2D eigenvalue weighted by Crippen LogP contribution is 2.65. The fourth-order valence-corrected chi connectivity index (χ4v) is 3.95. The van der Waals surface area contributed by atoms with Crippen molar-refractivity contribution in [3.05, 3.63) is 18.2 Å². The Kier molecular flexibility index (Phi) is 2.61. The van der Waals surface area contributed by atoms with E-state index >= 15 is 0 Å². The first kappa shape index (κ1) is 14.4. The van der Waals surface area contributed by atoms with Crippen LogP contribution in [-0.4, -0.2) is 24.3 Å². The number of carbonyl (C=O) groups excluding carboxylic acids is 2. The van der Waals surface area contributed by atoms with Gasteiger partial charge in [0.25, 0.3) is 5.91 Å². The second-order valence-corrected chi connectivity index (χ2v) is 7.20. The molecule has 1 aliphatic carbocycles. The van der Waals surface area contributed by atoms with Gasteiger partial charge in [0, 0.05) is 17.2 Å². The molecule has 1 saturated carbocycles. The van der Waals surface area contributed by atoms with Gasteiger partial charge in [0.1, 0.15) is 0 Å². The highest BCUT2D eigenvalue weighted by molar-refractivity contribution is 6.03. The van der Waals surface area contributed by atoms with Crippen molar-refractivity contribution >= 4 is 17.6 Å². The van der Waals surface area contributed by atoms with Crippen LogP contribution in [0.5, 0.6) is 11.5 Å². The number of nitrogens with one attached hydrogen (secondary N) is 1. The van der Waals surface area contributed by atoms with E-state index in [-0.39, 0.29) is 18.7 Å². The van der Waals surface area contributed by atoms with E-state index in [1.165, 1.54) is 0 Å². The Morgan fingerprint density at radius 2 is 1.87 bits per heavy atom. The molecule has 1 aromatic carbocycles. The fourth-order valence-electron chi connectivity index (χ4n) is 3.95. The number of hydrogen-bond acceptors (Lipinski definition) is 5. The minimum Gasteiger partial charge on any atom is -0.454 e. The van der Waals surface area contributed by atoms with Gasteiger partial charge >= 0.3 is 5.97 Å². The Labute approximate surface area is 134 Å². The quantitative estimate of drug-likeness (QED) is 0.848. The number of carbonyl (C=O) groups is 2. The van der Waals surface area contributed by atoms with E-state index in [2.05, 4.69) is 5.32 Å². The number of ether oxygens (including phenoxy) is 3. The maximum absolute atomic E-state index is 12.9. The molecule has 2 atom stereocenters. The molecule has 1 N–H and O–H groups in total. The summed E-state index contributed by atoms with van der Waals surface area (Å²) in [7, 11) is 0. The van der Waals surface area contributed by atoms with Crippen LogP contribution in [0.25, 0.3) is 0 Å². The molecule has 0 aromatic heterocycles. The van der Waals surface area contributed by atoms with Gasteiger partial charge in [0.15, 0.2) is 17.1 Å². The smallest absolute Gasteiger partial charge is 0.313 e. The number of anilines is 1. The summed E-state index contributed by atoms with van der Waals surface area (Å²) in [4.78, 5) is 25.2. The van der Waals surface area contributed by atoms with E-state index in [1.807, 2.05) is 20.8 Å². The monoisotopic (exact) mass is 317 g/mol. The predicted octanol–water partition coefficient (Wildman–Crippen LogP) is 2.48. The highest BCUT2D eigenvalue weighted by Gasteiger charge is 2.75. The summed E-state index contributed by atoms with van der Waals surface area (Å²) in [5, 5.41) is 2.87. The second-order valence-electron chi connectivity index (χ2n) is 7.20. The summed E-state index contributed by atoms with van der Waals surface area (Å²) in [6.07, 6.45) is 1.20. The number of benzene rings is 1. The lowest BCUT2D eigenvalue weighted by Gasteiger charge is -2.35. The molecule has 23 heavy (non-hydrogen) atoms. The van der Waals surface area contributed by atoms with Gasteiger partial charge in [-0.05, 0) is 31.9 Å². The maximum atomic E-state index is 12.9. The van der Waals surface area contributed by atoms with Gasteiger partial charge in [-0.1, -0.05) is 13.8 Å². The molecule has 2 fully saturated rings. The van der Waals surface area contributed by atoms with Gasteiger partial charge in [0.2, 0.25) is 6.79 Å². The van der Waals surface area contributed by atoms with Gasteiger partial charge in [0.05, 0.1) is 5.41 Å². The van der Waals surface area contributed by atoms with Crippen molar-refractivity contribution in [1.82, 2.24) is 0 Å². The summed E-state index contributed by atoms with van der Waals surface area (Å²) in [6, 6.07) is 5.22. The zero-order valence-electron chi connectivity index (χ0n) is 13.4. The van der Waals surface area contributed by atoms with Crippen LogP contribution in [0.1, 0.15) is 33.6 Å². The summed E-state index contributed by atoms with van der Waals surface area (Å²) in [5.41, 5.74) is -1.69. The Balaban J connectivity index is 1.64. The standard InChI is InChI=1S/C17H19NO5/c1-15(2)16(3)6-7-17(15,23-14(16)20)13(19)18-10-4-5-11-12(8-10)22-9-21-11/h4-5,8H,6-7,9H2,1-3H3,(H,18,19). The average Bonchev–Trinajstić information content (AvgIpc) is 3.08. The Hall–Kier alpha value is -2.24. The minimum atomic E-state index is -1.12. The van der Waals surface area contributed by atoms with E-state index in [4.69, 9.17) is 14.2 Å². The van der Waals surface area contributed by atoms with Crippen LogP contribution in [0.3, 0.4) is 0 Å². The molecule has 2 heterocycles. The maximum Gasteiger partial charge on any atom is 0.313 e. The zero-order chi connectivity index (χ0) is 16.5. The van der Waals surface area contributed by atoms with E-state index in [0.717, 1.165) is 0 Å². The molecule has 122 valence electrons. The van der Waals surface area contributed by atoms with Crippen LogP contribution < -0.4 is 14.8 Å². The average molecular weight is 317 g/mol. The fraction of sp³-hybridized carbons (Fsp3) is 0.529. The van der Waals surface area contributed by atoms with Gasteiger partial charge in [-0.25, -0.2) is 0 Å². The van der Waals surface area contributed by atoms with E-state index in [1.54, 1.807) is 18.2 Å². The number of esters is 1. The molecule has 0 radical (unpaired) electrons. The molecule has 2 bridgehead atoms. The van der Waals surface area contributed by atoms with E-state index in [0.29, 0.717) is 30.0 Å². The molecule has 2 aliphatic heterocycles. The van der Waals surface area contributed by atoms with E-state index < -0.39 is 16.4 Å². The van der Waals surface area contributed by atoms with Gasteiger partial charge in [-0.15, -0.1) is 0 Å². The SMILES string of the molecule is CC12CCC(C(=O)Nc3ccc4c(c3)OCO4)(OC1=O)C2(C)C. The van der Waals surface area contributed by atoms with Crippen molar-refractivity contribution in [3.63, 3.8) is 0 Å².